The Bertz CT molecular complexity index is 839. The van der Waals surface area contributed by atoms with Gasteiger partial charge in [0.25, 0.3) is 0 Å². The maximum absolute atomic E-state index is 13.5. The Labute approximate surface area is 193 Å². The van der Waals surface area contributed by atoms with Crippen molar-refractivity contribution in [2.24, 2.45) is 5.73 Å². The van der Waals surface area contributed by atoms with Crippen LogP contribution in [0.15, 0.2) is 30.6 Å². The second kappa shape index (κ2) is 13.1. The van der Waals surface area contributed by atoms with E-state index >= 15 is 0 Å². The van der Waals surface area contributed by atoms with Crippen molar-refractivity contribution in [2.45, 2.75) is 44.8 Å². The molecule has 172 valence electrons. The monoisotopic (exact) mass is 497 g/mol. The number of hydrogen-bond donors (Lipinski definition) is 2. The molecule has 0 spiro atoms. The van der Waals surface area contributed by atoms with Gasteiger partial charge in [0.1, 0.15) is 6.04 Å². The van der Waals surface area contributed by atoms with Crippen LogP contribution in [-0.2, 0) is 4.79 Å². The lowest BCUT2D eigenvalue weighted by atomic mass is 10.0. The molecule has 0 amide bonds. The Morgan fingerprint density at radius 2 is 1.81 bits per heavy atom. The summed E-state index contributed by atoms with van der Waals surface area (Å²) in [4.78, 5) is 18.7. The molecule has 2 unspecified atom stereocenters. The Morgan fingerprint density at radius 1 is 1.16 bits per heavy atom. The molecule has 0 fully saturated rings. The fourth-order valence-electron chi connectivity index (χ4n) is 2.47. The molecule has 2 atom stereocenters. The minimum Gasteiger partial charge on any atom is -0.480 e. The van der Waals surface area contributed by atoms with Crippen molar-refractivity contribution in [2.75, 3.05) is 11.5 Å². The predicted octanol–water partition coefficient (Wildman–Crippen LogP) is 6.05. The fraction of sp³-hybridized carbons (Fsp3) is 0.450. The molecule has 31 heavy (non-hydrogen) atoms. The Morgan fingerprint density at radius 3 is 2.32 bits per heavy atom. The van der Waals surface area contributed by atoms with Crippen LogP contribution in [0.1, 0.15) is 38.3 Å². The molecule has 0 aliphatic carbocycles. The first-order chi connectivity index (χ1) is 14.6. The molecule has 0 saturated carbocycles. The zero-order chi connectivity index (χ0) is 23.6. The average molecular weight is 498 g/mol. The van der Waals surface area contributed by atoms with E-state index in [1.54, 1.807) is 12.1 Å². The number of hydrogen-bond acceptors (Lipinski definition) is 5. The van der Waals surface area contributed by atoms with Crippen molar-refractivity contribution in [3.05, 3.63) is 46.3 Å². The summed E-state index contributed by atoms with van der Waals surface area (Å²) in [6, 6.07) is 3.72. The third-order valence-electron chi connectivity index (χ3n) is 4.07. The van der Waals surface area contributed by atoms with Crippen molar-refractivity contribution in [3.8, 4) is 11.3 Å². The minimum atomic E-state index is -4.48. The van der Waals surface area contributed by atoms with E-state index in [2.05, 4.69) is 9.97 Å². The Hall–Kier alpha value is -1.55. The Balaban J connectivity index is 0.00000233. The Kier molecular flexibility index (Phi) is 11.6. The standard InChI is InChI=1S/C18H18Cl2F3N3O2S.C2H6/c19-10-1-2-11(13(20)7-10)15-8-26-16(9-25-15)12(18(21,22)23)3-5-29-6-4-14(24)17(27)28;1-2/h1-2,7-9,12,14H,3-6,24H2,(H,27,28);1-2H3. The van der Waals surface area contributed by atoms with Crippen molar-refractivity contribution >= 4 is 40.9 Å². The van der Waals surface area contributed by atoms with Gasteiger partial charge in [-0.2, -0.15) is 24.9 Å². The minimum absolute atomic E-state index is 0.183. The maximum Gasteiger partial charge on any atom is 0.397 e. The molecule has 0 bridgehead atoms. The largest absolute Gasteiger partial charge is 0.480 e. The number of carbonyl (C=O) groups is 1. The summed E-state index contributed by atoms with van der Waals surface area (Å²) >= 11 is 13.2. The molecule has 1 heterocycles. The quantitative estimate of drug-likeness (QED) is 0.410. The average Bonchev–Trinajstić information content (AvgIpc) is 2.71. The first kappa shape index (κ1) is 27.5. The highest BCUT2D eigenvalue weighted by molar-refractivity contribution is 7.99. The van der Waals surface area contributed by atoms with Crippen LogP contribution in [0.4, 0.5) is 13.2 Å². The SMILES string of the molecule is CC.NC(CCSCCC(c1cnc(-c2ccc(Cl)cc2Cl)cn1)C(F)(F)F)C(=O)O. The normalized spacial score (nSPS) is 13.2. The molecule has 11 heteroatoms. The van der Waals surface area contributed by atoms with Crippen LogP contribution < -0.4 is 5.73 Å². The van der Waals surface area contributed by atoms with Crippen LogP contribution in [0.3, 0.4) is 0 Å². The third-order valence-corrected chi connectivity index (χ3v) is 5.67. The molecule has 5 nitrogen and oxygen atoms in total. The van der Waals surface area contributed by atoms with Gasteiger partial charge in [-0.15, -0.1) is 0 Å². The number of halogens is 5. The van der Waals surface area contributed by atoms with E-state index in [9.17, 15) is 18.0 Å². The van der Waals surface area contributed by atoms with Gasteiger partial charge in [0, 0.05) is 16.8 Å². The van der Waals surface area contributed by atoms with Gasteiger partial charge in [-0.25, -0.2) is 0 Å². The smallest absolute Gasteiger partial charge is 0.397 e. The predicted molar refractivity (Wildman–Crippen MR) is 120 cm³/mol. The zero-order valence-electron chi connectivity index (χ0n) is 17.0. The lowest BCUT2D eigenvalue weighted by molar-refractivity contribution is -0.151. The maximum atomic E-state index is 13.5. The molecule has 2 rings (SSSR count). The molecule has 0 saturated heterocycles. The van der Waals surface area contributed by atoms with Gasteiger partial charge in [0.05, 0.1) is 28.5 Å². The number of thioether (sulfide) groups is 1. The van der Waals surface area contributed by atoms with Gasteiger partial charge in [-0.05, 0) is 42.5 Å². The first-order valence-electron chi connectivity index (χ1n) is 9.49. The van der Waals surface area contributed by atoms with E-state index in [4.69, 9.17) is 34.0 Å². The van der Waals surface area contributed by atoms with Crippen LogP contribution in [0, 0.1) is 0 Å². The third kappa shape index (κ3) is 8.84. The molecule has 0 aliphatic rings. The lowest BCUT2D eigenvalue weighted by Gasteiger charge is -2.19. The van der Waals surface area contributed by atoms with E-state index in [0.29, 0.717) is 27.1 Å². The highest BCUT2D eigenvalue weighted by atomic mass is 35.5. The van der Waals surface area contributed by atoms with Gasteiger partial charge in [0.15, 0.2) is 0 Å². The molecule has 2 aromatic rings. The van der Waals surface area contributed by atoms with Crippen LogP contribution in [-0.4, -0.2) is 44.8 Å². The first-order valence-corrected chi connectivity index (χ1v) is 11.4. The number of nitrogens with zero attached hydrogens (tertiary/aromatic N) is 2. The molecular weight excluding hydrogens is 474 g/mol. The molecule has 3 N–H and O–H groups in total. The van der Waals surface area contributed by atoms with Gasteiger partial charge in [-0.3, -0.25) is 14.8 Å². The number of rotatable bonds is 9. The number of carboxylic acids is 1. The number of alkyl halides is 3. The number of nitrogens with two attached hydrogens (primary N) is 1. The van der Waals surface area contributed by atoms with Crippen molar-refractivity contribution < 1.29 is 23.1 Å². The number of benzene rings is 1. The molecule has 0 aliphatic heterocycles. The molecule has 1 aromatic heterocycles. The summed E-state index contributed by atoms with van der Waals surface area (Å²) in [7, 11) is 0. The second-order valence-electron chi connectivity index (χ2n) is 6.18. The second-order valence-corrected chi connectivity index (χ2v) is 8.25. The van der Waals surface area contributed by atoms with Gasteiger partial charge >= 0.3 is 12.1 Å². The molecule has 0 radical (unpaired) electrons. The van der Waals surface area contributed by atoms with Crippen LogP contribution in [0.5, 0.6) is 0 Å². The number of aromatic nitrogens is 2. The van der Waals surface area contributed by atoms with Gasteiger partial charge < -0.3 is 10.8 Å². The van der Waals surface area contributed by atoms with Crippen LogP contribution >= 0.6 is 35.0 Å². The highest BCUT2D eigenvalue weighted by Gasteiger charge is 2.41. The summed E-state index contributed by atoms with van der Waals surface area (Å²) in [6.07, 6.45) is -2.14. The number of aliphatic carboxylic acids is 1. The van der Waals surface area contributed by atoms with Crippen molar-refractivity contribution in [3.63, 3.8) is 0 Å². The molecule has 1 aromatic carbocycles. The van der Waals surface area contributed by atoms with E-state index in [1.165, 1.54) is 24.0 Å². The van der Waals surface area contributed by atoms with Gasteiger partial charge in [-0.1, -0.05) is 37.0 Å². The van der Waals surface area contributed by atoms with Gasteiger partial charge in [0.2, 0.25) is 0 Å². The van der Waals surface area contributed by atoms with E-state index in [1.807, 2.05) is 13.8 Å². The lowest BCUT2D eigenvalue weighted by Crippen LogP contribution is -2.30. The fourth-order valence-corrected chi connectivity index (χ4v) is 4.00. The summed E-state index contributed by atoms with van der Waals surface area (Å²) in [5.74, 6) is -2.36. The summed E-state index contributed by atoms with van der Waals surface area (Å²) in [5, 5.41) is 9.46. The van der Waals surface area contributed by atoms with Crippen LogP contribution in [0.25, 0.3) is 11.3 Å². The topological polar surface area (TPSA) is 89.1 Å². The zero-order valence-corrected chi connectivity index (χ0v) is 19.3. The summed E-state index contributed by atoms with van der Waals surface area (Å²) < 4.78 is 40.4. The summed E-state index contributed by atoms with van der Waals surface area (Å²) in [6.45, 7) is 4.00. The van der Waals surface area contributed by atoms with Crippen molar-refractivity contribution in [1.82, 2.24) is 9.97 Å². The van der Waals surface area contributed by atoms with Crippen LogP contribution in [0.2, 0.25) is 10.0 Å². The van der Waals surface area contributed by atoms with E-state index < -0.39 is 24.1 Å². The van der Waals surface area contributed by atoms with Crippen molar-refractivity contribution in [1.29, 1.82) is 0 Å². The molecular formula is C20H24Cl2F3N3O2S. The number of carboxylic acid groups (broad SMARTS) is 1. The summed E-state index contributed by atoms with van der Waals surface area (Å²) in [5.41, 5.74) is 6.04. The van der Waals surface area contributed by atoms with E-state index in [-0.39, 0.29) is 24.3 Å². The van der Waals surface area contributed by atoms with E-state index in [0.717, 1.165) is 6.20 Å². The highest BCUT2D eigenvalue weighted by Crippen LogP contribution is 2.38.